The molecule has 0 aliphatic rings. The van der Waals surface area contributed by atoms with Crippen LogP contribution in [0.15, 0.2) is 12.3 Å². The maximum atomic E-state index is 12.3. The fourth-order valence-electron chi connectivity index (χ4n) is 0.411. The third-order valence-electron chi connectivity index (χ3n) is 0.782. The number of rotatable bonds is 0. The molecule has 0 spiro atoms. The Bertz CT molecular complexity index is 228. The van der Waals surface area contributed by atoms with E-state index in [1.807, 2.05) is 0 Å². The fourth-order valence-corrected chi connectivity index (χ4v) is 0.706. The highest BCUT2D eigenvalue weighted by Gasteiger charge is 1.98. The lowest BCUT2D eigenvalue weighted by Gasteiger charge is -1.91. The minimum Gasteiger partial charge on any atom is -0.506 e. The van der Waals surface area contributed by atoms with E-state index >= 15 is 0 Å². The van der Waals surface area contributed by atoms with Gasteiger partial charge in [-0.1, -0.05) is 0 Å². The number of halogens is 2. The molecule has 2 nitrogen and oxygen atoms in total. The Morgan fingerprint density at radius 2 is 2.33 bits per heavy atom. The average Bonchev–Trinajstić information content (AvgIpc) is 1.80. The Labute approximate surface area is 64.9 Å². The molecular formula is C5H3FINO. The highest BCUT2D eigenvalue weighted by atomic mass is 127. The molecule has 0 unspecified atom stereocenters. The fraction of sp³-hybridized carbons (Fsp3) is 0. The quantitative estimate of drug-likeness (QED) is 0.550. The largest absolute Gasteiger partial charge is 0.506 e. The van der Waals surface area contributed by atoms with E-state index in [1.54, 1.807) is 22.6 Å². The summed E-state index contributed by atoms with van der Waals surface area (Å²) in [7, 11) is 0. The number of nitrogens with zero attached hydrogens (tertiary/aromatic N) is 1. The third-order valence-corrected chi connectivity index (χ3v) is 1.58. The normalized spacial score (nSPS) is 9.56. The van der Waals surface area contributed by atoms with Gasteiger partial charge in [-0.15, -0.1) is 0 Å². The molecule has 0 bridgehead atoms. The lowest BCUT2D eigenvalue weighted by molar-refractivity contribution is 0.464. The average molecular weight is 239 g/mol. The number of hydrogen-bond acceptors (Lipinski definition) is 2. The third kappa shape index (κ3) is 1.51. The first kappa shape index (κ1) is 6.73. The van der Waals surface area contributed by atoms with Crippen molar-refractivity contribution in [2.75, 3.05) is 0 Å². The highest BCUT2D eigenvalue weighted by molar-refractivity contribution is 14.1. The van der Waals surface area contributed by atoms with E-state index in [2.05, 4.69) is 4.98 Å². The van der Waals surface area contributed by atoms with Crippen molar-refractivity contribution >= 4 is 22.6 Å². The lowest BCUT2D eigenvalue weighted by Crippen LogP contribution is -1.84. The van der Waals surface area contributed by atoms with Gasteiger partial charge in [-0.25, -0.2) is 9.37 Å². The molecule has 0 aromatic carbocycles. The second-order valence-corrected chi connectivity index (χ2v) is 2.49. The van der Waals surface area contributed by atoms with Crippen LogP contribution in [0.4, 0.5) is 4.39 Å². The summed E-state index contributed by atoms with van der Waals surface area (Å²) in [6.07, 6.45) is 1.20. The summed E-state index contributed by atoms with van der Waals surface area (Å²) in [6, 6.07) is 1.02. The Balaban J connectivity index is 3.17. The summed E-state index contributed by atoms with van der Waals surface area (Å²) >= 11 is 1.74. The summed E-state index contributed by atoms with van der Waals surface area (Å²) in [4.78, 5) is 3.54. The molecule has 1 N–H and O–H groups in total. The summed E-state index contributed by atoms with van der Waals surface area (Å²) in [5, 5.41) is 8.63. The first-order valence-corrected chi connectivity index (χ1v) is 3.28. The van der Waals surface area contributed by atoms with Crippen molar-refractivity contribution < 1.29 is 9.50 Å². The van der Waals surface area contributed by atoms with E-state index in [0.717, 1.165) is 6.07 Å². The van der Waals surface area contributed by atoms with Gasteiger partial charge in [0.2, 0.25) is 0 Å². The van der Waals surface area contributed by atoms with Crippen LogP contribution in [-0.4, -0.2) is 10.1 Å². The zero-order valence-electron chi connectivity index (χ0n) is 4.31. The zero-order chi connectivity index (χ0) is 6.85. The number of aromatic hydroxyl groups is 1. The van der Waals surface area contributed by atoms with Crippen molar-refractivity contribution in [3.05, 3.63) is 21.8 Å². The summed E-state index contributed by atoms with van der Waals surface area (Å²) < 4.78 is 12.6. The van der Waals surface area contributed by atoms with Gasteiger partial charge in [-0.3, -0.25) is 0 Å². The zero-order valence-corrected chi connectivity index (χ0v) is 6.46. The van der Waals surface area contributed by atoms with Gasteiger partial charge in [0.1, 0.15) is 9.45 Å². The van der Waals surface area contributed by atoms with Gasteiger partial charge >= 0.3 is 0 Å². The Morgan fingerprint density at radius 1 is 1.67 bits per heavy atom. The van der Waals surface area contributed by atoms with Crippen LogP contribution >= 0.6 is 22.6 Å². The Morgan fingerprint density at radius 3 is 2.78 bits per heavy atom. The van der Waals surface area contributed by atoms with Crippen LogP contribution < -0.4 is 0 Å². The minimum absolute atomic E-state index is 0.145. The smallest absolute Gasteiger partial charge is 0.158 e. The van der Waals surface area contributed by atoms with E-state index < -0.39 is 5.82 Å². The molecule has 48 valence electrons. The predicted octanol–water partition coefficient (Wildman–Crippen LogP) is 1.53. The van der Waals surface area contributed by atoms with Gasteiger partial charge in [-0.2, -0.15) is 0 Å². The van der Waals surface area contributed by atoms with Crippen molar-refractivity contribution in [3.63, 3.8) is 0 Å². The van der Waals surface area contributed by atoms with E-state index in [1.165, 1.54) is 6.20 Å². The second kappa shape index (κ2) is 2.47. The summed E-state index contributed by atoms with van der Waals surface area (Å²) in [6.45, 7) is 0. The van der Waals surface area contributed by atoms with Gasteiger partial charge in [0.15, 0.2) is 5.82 Å². The molecule has 4 heteroatoms. The highest BCUT2D eigenvalue weighted by Crippen LogP contribution is 2.12. The lowest BCUT2D eigenvalue weighted by atomic mass is 10.4. The molecule has 0 aliphatic carbocycles. The van der Waals surface area contributed by atoms with E-state index in [9.17, 15) is 4.39 Å². The van der Waals surface area contributed by atoms with Gasteiger partial charge in [-0.05, 0) is 22.6 Å². The van der Waals surface area contributed by atoms with Crippen molar-refractivity contribution in [1.29, 1.82) is 0 Å². The molecule has 0 saturated carbocycles. The molecule has 0 atom stereocenters. The minimum atomic E-state index is -0.490. The molecule has 0 radical (unpaired) electrons. The molecule has 1 aromatic heterocycles. The molecule has 0 fully saturated rings. The number of hydrogen-bond donors (Lipinski definition) is 1. The molecule has 9 heavy (non-hydrogen) atoms. The monoisotopic (exact) mass is 239 g/mol. The van der Waals surface area contributed by atoms with Crippen LogP contribution in [0.25, 0.3) is 0 Å². The summed E-state index contributed by atoms with van der Waals surface area (Å²) in [5.74, 6) is -0.636. The molecule has 1 aromatic rings. The maximum Gasteiger partial charge on any atom is 0.158 e. The van der Waals surface area contributed by atoms with Crippen LogP contribution in [0.5, 0.6) is 5.75 Å². The van der Waals surface area contributed by atoms with Crippen molar-refractivity contribution in [3.8, 4) is 5.75 Å². The van der Waals surface area contributed by atoms with Gasteiger partial charge in [0.25, 0.3) is 0 Å². The molecule has 0 amide bonds. The molecule has 1 heterocycles. The van der Waals surface area contributed by atoms with Crippen LogP contribution in [0.2, 0.25) is 0 Å². The molecular weight excluding hydrogens is 236 g/mol. The first-order valence-electron chi connectivity index (χ1n) is 2.20. The Kier molecular flexibility index (Phi) is 1.84. The van der Waals surface area contributed by atoms with Crippen LogP contribution in [0, 0.1) is 9.52 Å². The summed E-state index contributed by atoms with van der Waals surface area (Å²) in [5.41, 5.74) is 0. The van der Waals surface area contributed by atoms with Crippen molar-refractivity contribution in [2.24, 2.45) is 0 Å². The number of aromatic nitrogens is 1. The first-order chi connectivity index (χ1) is 4.20. The van der Waals surface area contributed by atoms with E-state index in [-0.39, 0.29) is 9.45 Å². The topological polar surface area (TPSA) is 33.1 Å². The predicted molar refractivity (Wildman–Crippen MR) is 38.6 cm³/mol. The van der Waals surface area contributed by atoms with Crippen LogP contribution in [0.1, 0.15) is 0 Å². The number of pyridine rings is 1. The van der Waals surface area contributed by atoms with Crippen LogP contribution in [-0.2, 0) is 0 Å². The molecule has 1 rings (SSSR count). The van der Waals surface area contributed by atoms with Crippen molar-refractivity contribution in [1.82, 2.24) is 4.98 Å². The maximum absolute atomic E-state index is 12.3. The molecule has 0 aliphatic heterocycles. The van der Waals surface area contributed by atoms with E-state index in [4.69, 9.17) is 5.11 Å². The van der Waals surface area contributed by atoms with Crippen LogP contribution in [0.3, 0.4) is 0 Å². The standard InChI is InChI=1S/C5H3FINO/c6-4-1-3(9)2-8-5(4)7/h1-2,9H. The Hall–Kier alpha value is -0.390. The SMILES string of the molecule is Oc1cnc(I)c(F)c1. The molecule has 0 saturated heterocycles. The van der Waals surface area contributed by atoms with Gasteiger partial charge in [0.05, 0.1) is 6.20 Å². The van der Waals surface area contributed by atoms with E-state index in [0.29, 0.717) is 0 Å². The van der Waals surface area contributed by atoms with Gasteiger partial charge in [0, 0.05) is 6.07 Å². The second-order valence-electron chi connectivity index (χ2n) is 1.47. The van der Waals surface area contributed by atoms with Gasteiger partial charge < -0.3 is 5.11 Å². The van der Waals surface area contributed by atoms with Crippen molar-refractivity contribution in [2.45, 2.75) is 0 Å².